The maximum absolute atomic E-state index is 12.1. The van der Waals surface area contributed by atoms with Gasteiger partial charge in [0.2, 0.25) is 0 Å². The van der Waals surface area contributed by atoms with Gasteiger partial charge in [0.1, 0.15) is 17.1 Å². The molecular weight excluding hydrogens is 362 g/mol. The Bertz CT molecular complexity index is 978. The Hall–Kier alpha value is -3.48. The molecular formula is C21H21NO6. The van der Waals surface area contributed by atoms with Gasteiger partial charge in [-0.25, -0.2) is 0 Å². The maximum Gasteiger partial charge on any atom is 0.310 e. The van der Waals surface area contributed by atoms with Crippen molar-refractivity contribution >= 4 is 28.5 Å². The molecule has 3 rings (SSSR count). The number of furan rings is 1. The molecule has 1 heterocycles. The molecule has 7 heteroatoms. The van der Waals surface area contributed by atoms with Crippen LogP contribution in [0.5, 0.6) is 11.5 Å². The van der Waals surface area contributed by atoms with Crippen molar-refractivity contribution in [2.45, 2.75) is 13.3 Å². The molecule has 3 aromatic rings. The fourth-order valence-electron chi connectivity index (χ4n) is 2.72. The van der Waals surface area contributed by atoms with Gasteiger partial charge >= 0.3 is 5.97 Å². The van der Waals surface area contributed by atoms with Gasteiger partial charge in [0, 0.05) is 17.0 Å². The molecule has 1 N–H and O–H groups in total. The number of nitrogens with one attached hydrogen (secondary N) is 1. The van der Waals surface area contributed by atoms with Crippen LogP contribution in [0.3, 0.4) is 0 Å². The fraction of sp³-hybridized carbons (Fsp3) is 0.238. The molecule has 1 amide bonds. The van der Waals surface area contributed by atoms with Gasteiger partial charge in [-0.1, -0.05) is 12.1 Å². The zero-order chi connectivity index (χ0) is 19.9. The summed E-state index contributed by atoms with van der Waals surface area (Å²) in [4.78, 5) is 24.2. The van der Waals surface area contributed by atoms with Crippen LogP contribution in [0.25, 0.3) is 11.0 Å². The lowest BCUT2D eigenvalue weighted by Crippen LogP contribution is -2.22. The number of carbonyl (C=O) groups is 2. The maximum atomic E-state index is 12.1. The summed E-state index contributed by atoms with van der Waals surface area (Å²) >= 11 is 0. The molecule has 28 heavy (non-hydrogen) atoms. The summed E-state index contributed by atoms with van der Waals surface area (Å²) in [5.74, 6) is 0.263. The van der Waals surface area contributed by atoms with E-state index >= 15 is 0 Å². The first-order chi connectivity index (χ1) is 13.6. The standard InChI is InChI=1S/C21H21NO6/c1-3-26-18-7-5-4-6-17(18)22-20(23)13-28-21(24)10-14-12-27-19-11-15(25-2)8-9-16(14)19/h4-9,11-12H,3,10,13H2,1-2H3,(H,22,23). The number of ether oxygens (including phenoxy) is 3. The van der Waals surface area contributed by atoms with E-state index in [9.17, 15) is 9.59 Å². The summed E-state index contributed by atoms with van der Waals surface area (Å²) in [5.41, 5.74) is 1.83. The van der Waals surface area contributed by atoms with Crippen molar-refractivity contribution in [2.24, 2.45) is 0 Å². The molecule has 0 radical (unpaired) electrons. The molecule has 0 bridgehead atoms. The quantitative estimate of drug-likeness (QED) is 0.599. The first-order valence-corrected chi connectivity index (χ1v) is 8.82. The molecule has 0 aliphatic heterocycles. The summed E-state index contributed by atoms with van der Waals surface area (Å²) < 4.78 is 21.1. The Morgan fingerprint density at radius 3 is 2.75 bits per heavy atom. The van der Waals surface area contributed by atoms with Crippen molar-refractivity contribution in [1.29, 1.82) is 0 Å². The first kappa shape index (κ1) is 19.3. The second-order valence-electron chi connectivity index (χ2n) is 5.94. The monoisotopic (exact) mass is 383 g/mol. The first-order valence-electron chi connectivity index (χ1n) is 8.82. The Balaban J connectivity index is 1.55. The summed E-state index contributed by atoms with van der Waals surface area (Å²) in [6, 6.07) is 12.4. The van der Waals surface area contributed by atoms with E-state index in [-0.39, 0.29) is 13.0 Å². The summed E-state index contributed by atoms with van der Waals surface area (Å²) in [7, 11) is 1.57. The fourth-order valence-corrected chi connectivity index (χ4v) is 2.72. The number of fused-ring (bicyclic) bond motifs is 1. The van der Waals surface area contributed by atoms with Gasteiger partial charge in [-0.15, -0.1) is 0 Å². The average molecular weight is 383 g/mol. The average Bonchev–Trinajstić information content (AvgIpc) is 3.10. The highest BCUT2D eigenvalue weighted by molar-refractivity contribution is 5.94. The minimum absolute atomic E-state index is 0.00212. The molecule has 0 atom stereocenters. The minimum Gasteiger partial charge on any atom is -0.497 e. The number of rotatable bonds is 8. The number of benzene rings is 2. The lowest BCUT2D eigenvalue weighted by Gasteiger charge is -2.11. The highest BCUT2D eigenvalue weighted by atomic mass is 16.5. The highest BCUT2D eigenvalue weighted by Gasteiger charge is 2.14. The van der Waals surface area contributed by atoms with Crippen molar-refractivity contribution in [2.75, 3.05) is 25.6 Å². The van der Waals surface area contributed by atoms with Crippen LogP contribution in [0, 0.1) is 0 Å². The molecule has 7 nitrogen and oxygen atoms in total. The van der Waals surface area contributed by atoms with E-state index in [1.165, 1.54) is 6.26 Å². The third kappa shape index (κ3) is 4.62. The van der Waals surface area contributed by atoms with Crippen molar-refractivity contribution in [3.63, 3.8) is 0 Å². The van der Waals surface area contributed by atoms with Crippen LogP contribution in [-0.2, 0) is 20.7 Å². The normalized spacial score (nSPS) is 10.5. The molecule has 0 unspecified atom stereocenters. The number of anilines is 1. The number of methoxy groups -OCH3 is 1. The van der Waals surface area contributed by atoms with E-state index in [4.69, 9.17) is 18.6 Å². The molecule has 0 saturated heterocycles. The van der Waals surface area contributed by atoms with Crippen LogP contribution in [0.1, 0.15) is 12.5 Å². The van der Waals surface area contributed by atoms with Gasteiger partial charge in [0.25, 0.3) is 5.91 Å². The van der Waals surface area contributed by atoms with Gasteiger partial charge in [0.05, 0.1) is 32.1 Å². The predicted molar refractivity (Wildman–Crippen MR) is 104 cm³/mol. The van der Waals surface area contributed by atoms with E-state index in [0.29, 0.717) is 34.9 Å². The largest absolute Gasteiger partial charge is 0.497 e. The van der Waals surface area contributed by atoms with E-state index in [0.717, 1.165) is 5.39 Å². The number of hydrogen-bond donors (Lipinski definition) is 1. The number of carbonyl (C=O) groups excluding carboxylic acids is 2. The SMILES string of the molecule is CCOc1ccccc1NC(=O)COC(=O)Cc1coc2cc(OC)ccc12. The number of esters is 1. The molecule has 0 aliphatic carbocycles. The molecule has 0 saturated carbocycles. The molecule has 2 aromatic carbocycles. The second-order valence-corrected chi connectivity index (χ2v) is 5.94. The van der Waals surface area contributed by atoms with Gasteiger partial charge in [0.15, 0.2) is 6.61 Å². The molecule has 1 aromatic heterocycles. The number of hydrogen-bond acceptors (Lipinski definition) is 6. The summed E-state index contributed by atoms with van der Waals surface area (Å²) in [5, 5.41) is 3.48. The van der Waals surface area contributed by atoms with Crippen LogP contribution in [0.15, 0.2) is 53.1 Å². The van der Waals surface area contributed by atoms with Crippen molar-refractivity contribution in [1.82, 2.24) is 0 Å². The van der Waals surface area contributed by atoms with Crippen molar-refractivity contribution < 1.29 is 28.2 Å². The van der Waals surface area contributed by atoms with Gasteiger partial charge in [-0.05, 0) is 31.2 Å². The predicted octanol–water partition coefficient (Wildman–Crippen LogP) is 3.56. The van der Waals surface area contributed by atoms with Crippen LogP contribution in [0.2, 0.25) is 0 Å². The summed E-state index contributed by atoms with van der Waals surface area (Å²) in [6.07, 6.45) is 1.51. The molecule has 0 fully saturated rings. The smallest absolute Gasteiger partial charge is 0.310 e. The van der Waals surface area contributed by atoms with Crippen LogP contribution in [0.4, 0.5) is 5.69 Å². The zero-order valence-electron chi connectivity index (χ0n) is 15.7. The van der Waals surface area contributed by atoms with Gasteiger partial charge in [-0.2, -0.15) is 0 Å². The Labute approximate surface area is 162 Å². The number of amides is 1. The lowest BCUT2D eigenvalue weighted by atomic mass is 10.1. The van der Waals surface area contributed by atoms with Crippen LogP contribution >= 0.6 is 0 Å². The van der Waals surface area contributed by atoms with E-state index in [1.807, 2.05) is 19.1 Å². The third-order valence-electron chi connectivity index (χ3n) is 4.02. The molecule has 0 aliphatic rings. The second kappa shape index (κ2) is 8.94. The topological polar surface area (TPSA) is 87.0 Å². The van der Waals surface area contributed by atoms with Crippen molar-refractivity contribution in [3.05, 3.63) is 54.3 Å². The minimum atomic E-state index is -0.522. The zero-order valence-corrected chi connectivity index (χ0v) is 15.7. The highest BCUT2D eigenvalue weighted by Crippen LogP contribution is 2.26. The Morgan fingerprint density at radius 1 is 1.14 bits per heavy atom. The lowest BCUT2D eigenvalue weighted by molar-refractivity contribution is -0.146. The van der Waals surface area contributed by atoms with Crippen LogP contribution in [-0.4, -0.2) is 32.2 Å². The Kier molecular flexibility index (Phi) is 6.16. The van der Waals surface area contributed by atoms with E-state index in [1.54, 1.807) is 37.4 Å². The van der Waals surface area contributed by atoms with Gasteiger partial charge < -0.3 is 23.9 Å². The Morgan fingerprint density at radius 2 is 1.96 bits per heavy atom. The third-order valence-corrected chi connectivity index (χ3v) is 4.02. The van der Waals surface area contributed by atoms with Crippen molar-refractivity contribution in [3.8, 4) is 11.5 Å². The molecule has 0 spiro atoms. The number of para-hydroxylation sites is 2. The van der Waals surface area contributed by atoms with E-state index in [2.05, 4.69) is 5.32 Å². The molecule has 146 valence electrons. The van der Waals surface area contributed by atoms with Gasteiger partial charge in [-0.3, -0.25) is 9.59 Å². The summed E-state index contributed by atoms with van der Waals surface area (Å²) in [6.45, 7) is 1.95. The van der Waals surface area contributed by atoms with Crippen LogP contribution < -0.4 is 14.8 Å². The van der Waals surface area contributed by atoms with E-state index < -0.39 is 11.9 Å².